The van der Waals surface area contributed by atoms with Gasteiger partial charge in [0, 0.05) is 48.7 Å². The van der Waals surface area contributed by atoms with E-state index in [9.17, 15) is 0 Å². The van der Waals surface area contributed by atoms with Gasteiger partial charge < -0.3 is 4.57 Å². The van der Waals surface area contributed by atoms with Crippen LogP contribution in [0, 0.1) is 6.92 Å². The minimum Gasteiger partial charge on any atom is -0.320 e. The number of aryl methyl sites for hydroxylation is 1. The van der Waals surface area contributed by atoms with Gasteiger partial charge in [-0.2, -0.15) is 0 Å². The zero-order chi connectivity index (χ0) is 17.6. The Balaban J connectivity index is 1.93. The number of pyridine rings is 1. The van der Waals surface area contributed by atoms with Crippen LogP contribution in [-0.4, -0.2) is 27.5 Å². The van der Waals surface area contributed by atoms with Crippen molar-refractivity contribution in [1.29, 1.82) is 0 Å². The fraction of sp³-hybridized carbons (Fsp3) is 0.318. The summed E-state index contributed by atoms with van der Waals surface area (Å²) in [6.07, 6.45) is 7.09. The minimum atomic E-state index is 0.561. The molecule has 3 aromatic rings. The molecule has 1 atom stereocenters. The van der Waals surface area contributed by atoms with Crippen LogP contribution in [0.1, 0.15) is 36.2 Å². The molecule has 0 spiro atoms. The molecular weight excluding hydrogens is 306 g/mol. The molecule has 3 nitrogen and oxygen atoms in total. The van der Waals surface area contributed by atoms with Crippen molar-refractivity contribution in [2.24, 2.45) is 0 Å². The zero-order valence-electron chi connectivity index (χ0n) is 15.5. The van der Waals surface area contributed by atoms with Crippen LogP contribution in [0.25, 0.3) is 22.7 Å². The van der Waals surface area contributed by atoms with E-state index in [-0.39, 0.29) is 0 Å². The van der Waals surface area contributed by atoms with Crippen LogP contribution in [0.5, 0.6) is 0 Å². The van der Waals surface area contributed by atoms with Crippen molar-refractivity contribution in [2.45, 2.75) is 39.8 Å². The Kier molecular flexibility index (Phi) is 3.97. The summed E-state index contributed by atoms with van der Waals surface area (Å²) in [5, 5.41) is 1.40. The average molecular weight is 331 g/mol. The van der Waals surface area contributed by atoms with Gasteiger partial charge in [0.25, 0.3) is 0 Å². The Bertz CT molecular complexity index is 950. The van der Waals surface area contributed by atoms with E-state index in [1.807, 2.05) is 12.4 Å². The summed E-state index contributed by atoms with van der Waals surface area (Å²) in [4.78, 5) is 6.59. The van der Waals surface area contributed by atoms with Gasteiger partial charge in [-0.1, -0.05) is 11.6 Å². The molecule has 0 amide bonds. The van der Waals surface area contributed by atoms with Crippen LogP contribution in [0.3, 0.4) is 0 Å². The first-order valence-corrected chi connectivity index (χ1v) is 8.96. The molecule has 0 N–H and O–H groups in total. The lowest BCUT2D eigenvalue weighted by Gasteiger charge is -2.30. The predicted octanol–water partition coefficient (Wildman–Crippen LogP) is 4.74. The first kappa shape index (κ1) is 16.1. The Morgan fingerprint density at radius 2 is 1.96 bits per heavy atom. The van der Waals surface area contributed by atoms with Gasteiger partial charge in [-0.3, -0.25) is 9.88 Å². The molecule has 0 radical (unpaired) electrons. The molecular formula is C22H25N3. The molecule has 1 unspecified atom stereocenters. The summed E-state index contributed by atoms with van der Waals surface area (Å²) in [5.41, 5.74) is 8.06. The maximum atomic E-state index is 4.13. The van der Waals surface area contributed by atoms with Gasteiger partial charge in [-0.15, -0.1) is 0 Å². The van der Waals surface area contributed by atoms with E-state index in [1.54, 1.807) is 0 Å². The third-order valence-electron chi connectivity index (χ3n) is 5.48. The Labute approximate surface area is 149 Å². The van der Waals surface area contributed by atoms with E-state index in [0.717, 1.165) is 13.0 Å². The number of aromatic nitrogens is 2. The third-order valence-corrected chi connectivity index (χ3v) is 5.48. The van der Waals surface area contributed by atoms with Gasteiger partial charge in [0.1, 0.15) is 0 Å². The molecule has 25 heavy (non-hydrogen) atoms. The molecule has 128 valence electrons. The Hall–Kier alpha value is -2.39. The highest BCUT2D eigenvalue weighted by Gasteiger charge is 2.26. The Morgan fingerprint density at radius 1 is 1.20 bits per heavy atom. The molecule has 3 heterocycles. The van der Waals surface area contributed by atoms with E-state index < -0.39 is 0 Å². The van der Waals surface area contributed by atoms with Crippen molar-refractivity contribution in [3.8, 4) is 0 Å². The summed E-state index contributed by atoms with van der Waals surface area (Å²) < 4.78 is 2.42. The lowest BCUT2D eigenvalue weighted by Crippen LogP contribution is -2.35. The molecule has 1 aromatic carbocycles. The quantitative estimate of drug-likeness (QED) is 0.676. The second-order valence-electron chi connectivity index (χ2n) is 7.33. The van der Waals surface area contributed by atoms with E-state index in [1.165, 1.54) is 38.9 Å². The van der Waals surface area contributed by atoms with Gasteiger partial charge >= 0.3 is 0 Å². The molecule has 0 fully saturated rings. The van der Waals surface area contributed by atoms with Gasteiger partial charge in [-0.25, -0.2) is 0 Å². The number of hydrogen-bond donors (Lipinski definition) is 0. The first-order chi connectivity index (χ1) is 12.0. The summed E-state index contributed by atoms with van der Waals surface area (Å²) >= 11 is 0. The largest absolute Gasteiger partial charge is 0.320 e. The molecule has 0 saturated carbocycles. The number of likely N-dealkylation sites (N-methyl/N-ethyl adjacent to an activating group) is 1. The lowest BCUT2D eigenvalue weighted by atomic mass is 9.99. The van der Waals surface area contributed by atoms with E-state index in [0.29, 0.717) is 6.04 Å². The fourth-order valence-electron chi connectivity index (χ4n) is 3.82. The summed E-state index contributed by atoms with van der Waals surface area (Å²) in [7, 11) is 2.23. The summed E-state index contributed by atoms with van der Waals surface area (Å²) in [5.74, 6) is 0. The SMILES string of the molecule is C/C(=C/n1c2c(c3cc(C)ccc31)CN(C)C(C)C2)c1ccncc1. The van der Waals surface area contributed by atoms with E-state index in [4.69, 9.17) is 0 Å². The molecule has 1 aliphatic rings. The normalized spacial score (nSPS) is 18.6. The highest BCUT2D eigenvalue weighted by Crippen LogP contribution is 2.34. The maximum Gasteiger partial charge on any atom is 0.0529 e. The van der Waals surface area contributed by atoms with Gasteiger partial charge in [-0.05, 0) is 68.8 Å². The monoisotopic (exact) mass is 331 g/mol. The average Bonchev–Trinajstić information content (AvgIpc) is 2.89. The molecule has 1 aliphatic heterocycles. The number of allylic oxidation sites excluding steroid dienone is 1. The minimum absolute atomic E-state index is 0.561. The highest BCUT2D eigenvalue weighted by atomic mass is 15.1. The summed E-state index contributed by atoms with van der Waals surface area (Å²) in [6.45, 7) is 7.69. The molecule has 0 bridgehead atoms. The first-order valence-electron chi connectivity index (χ1n) is 8.96. The molecule has 0 aliphatic carbocycles. The van der Waals surface area contributed by atoms with Crippen LogP contribution >= 0.6 is 0 Å². The molecule has 2 aromatic heterocycles. The van der Waals surface area contributed by atoms with Crippen LogP contribution in [-0.2, 0) is 13.0 Å². The topological polar surface area (TPSA) is 21.1 Å². The van der Waals surface area contributed by atoms with E-state index >= 15 is 0 Å². The standard InChI is InChI=1S/C22H25N3/c1-15-5-6-21-19(11-15)20-14-24(4)17(3)12-22(20)25(21)13-16(2)18-7-9-23-10-8-18/h5-11,13,17H,12,14H2,1-4H3/b16-13-. The van der Waals surface area contributed by atoms with Crippen LogP contribution in [0.15, 0.2) is 42.7 Å². The fourth-order valence-corrected chi connectivity index (χ4v) is 3.82. The van der Waals surface area contributed by atoms with Crippen molar-refractivity contribution in [3.63, 3.8) is 0 Å². The van der Waals surface area contributed by atoms with Crippen molar-refractivity contribution in [2.75, 3.05) is 7.05 Å². The van der Waals surface area contributed by atoms with Gasteiger partial charge in [0.15, 0.2) is 0 Å². The number of rotatable bonds is 2. The highest BCUT2D eigenvalue weighted by molar-refractivity contribution is 5.90. The zero-order valence-corrected chi connectivity index (χ0v) is 15.5. The second kappa shape index (κ2) is 6.16. The van der Waals surface area contributed by atoms with Crippen molar-refractivity contribution >= 4 is 22.7 Å². The lowest BCUT2D eigenvalue weighted by molar-refractivity contribution is 0.230. The van der Waals surface area contributed by atoms with Crippen molar-refractivity contribution in [1.82, 2.24) is 14.5 Å². The van der Waals surface area contributed by atoms with Gasteiger partial charge in [0.05, 0.1) is 5.52 Å². The predicted molar refractivity (Wildman–Crippen MR) is 105 cm³/mol. The van der Waals surface area contributed by atoms with Crippen LogP contribution in [0.2, 0.25) is 0 Å². The smallest absolute Gasteiger partial charge is 0.0529 e. The van der Waals surface area contributed by atoms with Crippen molar-refractivity contribution < 1.29 is 0 Å². The Morgan fingerprint density at radius 3 is 2.72 bits per heavy atom. The molecule has 0 saturated heterocycles. The van der Waals surface area contributed by atoms with Gasteiger partial charge in [0.2, 0.25) is 0 Å². The van der Waals surface area contributed by atoms with Crippen molar-refractivity contribution in [3.05, 3.63) is 65.1 Å². The third kappa shape index (κ3) is 2.79. The van der Waals surface area contributed by atoms with E-state index in [2.05, 4.69) is 78.8 Å². The molecule has 3 heteroatoms. The molecule has 4 rings (SSSR count). The maximum absolute atomic E-state index is 4.13. The van der Waals surface area contributed by atoms with Crippen LogP contribution < -0.4 is 0 Å². The second-order valence-corrected chi connectivity index (χ2v) is 7.33. The van der Waals surface area contributed by atoms with Crippen LogP contribution in [0.4, 0.5) is 0 Å². The number of fused-ring (bicyclic) bond motifs is 3. The number of nitrogens with zero attached hydrogens (tertiary/aromatic N) is 3. The summed E-state index contributed by atoms with van der Waals surface area (Å²) in [6, 6.07) is 11.5. The number of benzene rings is 1. The number of hydrogen-bond acceptors (Lipinski definition) is 2.